The second-order valence-electron chi connectivity index (χ2n) is 8.87. The van der Waals surface area contributed by atoms with Crippen molar-refractivity contribution in [3.63, 3.8) is 0 Å². The summed E-state index contributed by atoms with van der Waals surface area (Å²) < 4.78 is 11.5. The molecule has 1 amide bonds. The highest BCUT2D eigenvalue weighted by Gasteiger charge is 2.42. The Morgan fingerprint density at radius 2 is 1.79 bits per heavy atom. The first-order valence-corrected chi connectivity index (χ1v) is 11.8. The summed E-state index contributed by atoms with van der Waals surface area (Å²) in [6.07, 6.45) is 0.794. The smallest absolute Gasteiger partial charge is 0.290 e. The molecule has 3 aromatic rings. The van der Waals surface area contributed by atoms with E-state index in [0.29, 0.717) is 28.1 Å². The summed E-state index contributed by atoms with van der Waals surface area (Å²) in [6, 6.07) is 10.6. The Bertz CT molecular complexity index is 1280. The third-order valence-corrected chi connectivity index (χ3v) is 6.96. The summed E-state index contributed by atoms with van der Waals surface area (Å²) in [5, 5.41) is 1.07. The molecule has 172 valence electrons. The molecule has 7 heteroatoms. The van der Waals surface area contributed by atoms with Crippen LogP contribution in [0.5, 0.6) is 0 Å². The maximum Gasteiger partial charge on any atom is 0.290 e. The molecule has 0 unspecified atom stereocenters. The standard InChI is InChI=1S/C26H27ClN2O4/c1-16-13-20-21(14-17(16)2)33-25-22(24(20)30)23(18-5-3-6-19(27)15-18)29(26(25)31)8-4-7-28-9-11-32-12-10-28/h3,5-6,13-15,23H,4,7-12H2,1-2H3/t23-/m0/s1. The minimum atomic E-state index is -0.516. The predicted molar refractivity (Wildman–Crippen MR) is 128 cm³/mol. The molecule has 2 aliphatic rings. The first-order valence-electron chi connectivity index (χ1n) is 11.4. The Labute approximate surface area is 197 Å². The van der Waals surface area contributed by atoms with Crippen molar-refractivity contribution in [2.75, 3.05) is 39.4 Å². The van der Waals surface area contributed by atoms with Gasteiger partial charge in [0.1, 0.15) is 5.58 Å². The van der Waals surface area contributed by atoms with Crippen LogP contribution in [0, 0.1) is 13.8 Å². The van der Waals surface area contributed by atoms with Gasteiger partial charge in [0.2, 0.25) is 5.76 Å². The fourth-order valence-corrected chi connectivity index (χ4v) is 5.02. The van der Waals surface area contributed by atoms with Gasteiger partial charge in [-0.15, -0.1) is 0 Å². The summed E-state index contributed by atoms with van der Waals surface area (Å²) in [5.41, 5.74) is 3.56. The van der Waals surface area contributed by atoms with E-state index in [1.807, 2.05) is 44.2 Å². The number of halogens is 1. The van der Waals surface area contributed by atoms with E-state index in [1.54, 1.807) is 11.0 Å². The number of benzene rings is 2. The minimum absolute atomic E-state index is 0.145. The van der Waals surface area contributed by atoms with Crippen molar-refractivity contribution in [3.05, 3.63) is 79.7 Å². The summed E-state index contributed by atoms with van der Waals surface area (Å²) >= 11 is 6.29. The Balaban J connectivity index is 1.56. The lowest BCUT2D eigenvalue weighted by molar-refractivity contribution is 0.0353. The number of morpholine rings is 1. The number of rotatable bonds is 5. The third-order valence-electron chi connectivity index (χ3n) is 6.72. The number of fused-ring (bicyclic) bond motifs is 2. The van der Waals surface area contributed by atoms with Gasteiger partial charge in [-0.2, -0.15) is 0 Å². The zero-order valence-corrected chi connectivity index (χ0v) is 19.7. The molecule has 0 radical (unpaired) electrons. The lowest BCUT2D eigenvalue weighted by atomic mass is 9.97. The van der Waals surface area contributed by atoms with Gasteiger partial charge < -0.3 is 14.1 Å². The molecule has 1 atom stereocenters. The van der Waals surface area contributed by atoms with Crippen LogP contribution in [-0.2, 0) is 4.74 Å². The average Bonchev–Trinajstić information content (AvgIpc) is 3.08. The molecule has 5 rings (SSSR count). The van der Waals surface area contributed by atoms with Crippen molar-refractivity contribution in [2.24, 2.45) is 0 Å². The van der Waals surface area contributed by atoms with E-state index in [4.69, 9.17) is 20.8 Å². The molecular formula is C26H27ClN2O4. The quantitative estimate of drug-likeness (QED) is 0.560. The largest absolute Gasteiger partial charge is 0.450 e. The molecule has 1 saturated heterocycles. The zero-order chi connectivity index (χ0) is 23.1. The number of carbonyl (C=O) groups excluding carboxylic acids is 1. The van der Waals surface area contributed by atoms with Crippen LogP contribution >= 0.6 is 11.6 Å². The molecule has 6 nitrogen and oxygen atoms in total. The maximum atomic E-state index is 13.7. The molecule has 0 aliphatic carbocycles. The summed E-state index contributed by atoms with van der Waals surface area (Å²) in [5.74, 6) is -0.0960. The summed E-state index contributed by atoms with van der Waals surface area (Å²) in [4.78, 5) is 31.3. The molecule has 0 saturated carbocycles. The minimum Gasteiger partial charge on any atom is -0.450 e. The molecule has 2 aromatic carbocycles. The Morgan fingerprint density at radius 3 is 2.55 bits per heavy atom. The van der Waals surface area contributed by atoms with Gasteiger partial charge in [0, 0.05) is 31.2 Å². The van der Waals surface area contributed by atoms with E-state index in [0.717, 1.165) is 56.0 Å². The molecule has 1 fully saturated rings. The van der Waals surface area contributed by atoms with Crippen LogP contribution in [-0.4, -0.2) is 55.1 Å². The zero-order valence-electron chi connectivity index (χ0n) is 18.9. The van der Waals surface area contributed by atoms with Crippen LogP contribution in [0.2, 0.25) is 5.02 Å². The number of nitrogens with zero attached hydrogens (tertiary/aromatic N) is 2. The van der Waals surface area contributed by atoms with Gasteiger partial charge >= 0.3 is 0 Å². The number of ether oxygens (including phenoxy) is 1. The molecule has 0 spiro atoms. The second-order valence-corrected chi connectivity index (χ2v) is 9.31. The van der Waals surface area contributed by atoms with Crippen molar-refractivity contribution >= 4 is 28.5 Å². The van der Waals surface area contributed by atoms with Crippen molar-refractivity contribution in [2.45, 2.75) is 26.3 Å². The van der Waals surface area contributed by atoms with Crippen LogP contribution in [0.4, 0.5) is 0 Å². The first-order chi connectivity index (χ1) is 15.9. The number of hydrogen-bond donors (Lipinski definition) is 0. The highest BCUT2D eigenvalue weighted by Crippen LogP contribution is 2.39. The number of amides is 1. The normalized spacial score (nSPS) is 18.8. The molecule has 1 aromatic heterocycles. The molecule has 3 heterocycles. The van der Waals surface area contributed by atoms with E-state index >= 15 is 0 Å². The second kappa shape index (κ2) is 8.93. The molecule has 33 heavy (non-hydrogen) atoms. The van der Waals surface area contributed by atoms with Gasteiger partial charge in [0.15, 0.2) is 5.43 Å². The van der Waals surface area contributed by atoms with Crippen LogP contribution in [0.25, 0.3) is 11.0 Å². The maximum absolute atomic E-state index is 13.7. The van der Waals surface area contributed by atoms with E-state index < -0.39 is 6.04 Å². The van der Waals surface area contributed by atoms with Crippen LogP contribution in [0.15, 0.2) is 45.6 Å². The van der Waals surface area contributed by atoms with Gasteiger partial charge in [0.25, 0.3) is 5.91 Å². The SMILES string of the molecule is Cc1cc2oc3c(c(=O)c2cc1C)[C@H](c1cccc(Cl)c1)N(CCCN1CCOCC1)C3=O. The highest BCUT2D eigenvalue weighted by atomic mass is 35.5. The van der Waals surface area contributed by atoms with Crippen molar-refractivity contribution in [1.82, 2.24) is 9.80 Å². The van der Waals surface area contributed by atoms with Crippen LogP contribution in [0.3, 0.4) is 0 Å². The fraction of sp³-hybridized carbons (Fsp3) is 0.385. The lowest BCUT2D eigenvalue weighted by Crippen LogP contribution is -2.38. The summed E-state index contributed by atoms with van der Waals surface area (Å²) in [7, 11) is 0. The number of hydrogen-bond acceptors (Lipinski definition) is 5. The average molecular weight is 467 g/mol. The van der Waals surface area contributed by atoms with Gasteiger partial charge in [-0.1, -0.05) is 23.7 Å². The Hall–Kier alpha value is -2.67. The van der Waals surface area contributed by atoms with Crippen LogP contribution in [0.1, 0.15) is 45.3 Å². The molecular weight excluding hydrogens is 440 g/mol. The Morgan fingerprint density at radius 1 is 1.03 bits per heavy atom. The van der Waals surface area contributed by atoms with E-state index in [9.17, 15) is 9.59 Å². The van der Waals surface area contributed by atoms with Gasteiger partial charge in [-0.3, -0.25) is 14.5 Å². The molecule has 0 bridgehead atoms. The van der Waals surface area contributed by atoms with E-state index in [1.165, 1.54) is 0 Å². The topological polar surface area (TPSA) is 63.0 Å². The summed E-state index contributed by atoms with van der Waals surface area (Å²) in [6.45, 7) is 8.60. The van der Waals surface area contributed by atoms with Gasteiger partial charge in [-0.05, 0) is 61.2 Å². The van der Waals surface area contributed by atoms with Crippen molar-refractivity contribution < 1.29 is 13.9 Å². The first kappa shape index (κ1) is 22.1. The van der Waals surface area contributed by atoms with Crippen molar-refractivity contribution in [3.8, 4) is 0 Å². The van der Waals surface area contributed by atoms with Crippen molar-refractivity contribution in [1.29, 1.82) is 0 Å². The predicted octanol–water partition coefficient (Wildman–Crippen LogP) is 4.33. The fourth-order valence-electron chi connectivity index (χ4n) is 4.82. The number of aryl methyl sites for hydroxylation is 2. The lowest BCUT2D eigenvalue weighted by Gasteiger charge is -2.29. The monoisotopic (exact) mass is 466 g/mol. The highest BCUT2D eigenvalue weighted by molar-refractivity contribution is 6.30. The van der Waals surface area contributed by atoms with E-state index in [2.05, 4.69) is 4.90 Å². The molecule has 0 N–H and O–H groups in total. The van der Waals surface area contributed by atoms with Gasteiger partial charge in [-0.25, -0.2) is 0 Å². The van der Waals surface area contributed by atoms with Crippen LogP contribution < -0.4 is 5.43 Å². The van der Waals surface area contributed by atoms with E-state index in [-0.39, 0.29) is 17.1 Å². The Kier molecular flexibility index (Phi) is 5.99. The van der Waals surface area contributed by atoms with Gasteiger partial charge in [0.05, 0.1) is 30.2 Å². The third kappa shape index (κ3) is 4.07. The molecule has 2 aliphatic heterocycles. The number of carbonyl (C=O) groups is 1.